The first-order chi connectivity index (χ1) is 7.32. The molecule has 0 aromatic carbocycles. The van der Waals surface area contributed by atoms with Crippen LogP contribution in [0, 0.1) is 0 Å². The molecule has 7 heteroatoms. The van der Waals surface area contributed by atoms with Crippen LogP contribution >= 0.6 is 0 Å². The molecular weight excluding hydrogens is 212 g/mol. The monoisotopic (exact) mass is 230 g/mol. The Morgan fingerprint density at radius 3 is 2.19 bits per heavy atom. The molecule has 5 N–H and O–H groups in total. The molecule has 92 valence electrons. The molecule has 7 nitrogen and oxygen atoms in total. The van der Waals surface area contributed by atoms with Gasteiger partial charge in [0.25, 0.3) is 0 Å². The second-order valence-corrected chi connectivity index (χ2v) is 3.68. The van der Waals surface area contributed by atoms with Gasteiger partial charge < -0.3 is 11.1 Å². The summed E-state index contributed by atoms with van der Waals surface area (Å²) in [5.74, 6) is -0.779. The molecular formula is C9H18N4O3. The molecule has 4 amide bonds. The Morgan fingerprint density at radius 2 is 1.75 bits per heavy atom. The zero-order chi connectivity index (χ0) is 12.7. The Balaban J connectivity index is 3.88. The molecule has 0 aromatic rings. The van der Waals surface area contributed by atoms with E-state index in [0.717, 1.165) is 0 Å². The van der Waals surface area contributed by atoms with Gasteiger partial charge in [0.15, 0.2) is 0 Å². The molecule has 0 aliphatic rings. The molecule has 0 aliphatic carbocycles. The van der Waals surface area contributed by atoms with E-state index >= 15 is 0 Å². The fourth-order valence-corrected chi connectivity index (χ4v) is 0.930. The number of nitrogens with two attached hydrogens (primary N) is 1. The lowest BCUT2D eigenvalue weighted by atomic mass is 10.3. The van der Waals surface area contributed by atoms with Crippen LogP contribution in [-0.4, -0.2) is 36.5 Å². The minimum atomic E-state index is -0.911. The van der Waals surface area contributed by atoms with E-state index in [0.29, 0.717) is 0 Å². The summed E-state index contributed by atoms with van der Waals surface area (Å²) in [4.78, 5) is 32.7. The average molecular weight is 230 g/mol. The van der Waals surface area contributed by atoms with Crippen LogP contribution < -0.4 is 21.7 Å². The third-order valence-corrected chi connectivity index (χ3v) is 1.66. The summed E-state index contributed by atoms with van der Waals surface area (Å²) in [6, 6.07) is -1.39. The van der Waals surface area contributed by atoms with Crippen molar-refractivity contribution >= 4 is 17.8 Å². The van der Waals surface area contributed by atoms with Gasteiger partial charge in [-0.15, -0.1) is 0 Å². The zero-order valence-corrected chi connectivity index (χ0v) is 9.66. The first-order valence-electron chi connectivity index (χ1n) is 4.96. The maximum Gasteiger partial charge on any atom is 0.318 e. The number of carbonyl (C=O) groups excluding carboxylic acids is 3. The molecule has 0 aliphatic heterocycles. The predicted molar refractivity (Wildman–Crippen MR) is 58.5 cm³/mol. The summed E-state index contributed by atoms with van der Waals surface area (Å²) in [6.07, 6.45) is 0. The van der Waals surface area contributed by atoms with Crippen molar-refractivity contribution in [1.29, 1.82) is 0 Å². The van der Waals surface area contributed by atoms with Gasteiger partial charge in [-0.05, 0) is 20.8 Å². The second-order valence-electron chi connectivity index (χ2n) is 3.68. The fraction of sp³-hybridized carbons (Fsp3) is 0.667. The van der Waals surface area contributed by atoms with E-state index in [4.69, 9.17) is 5.73 Å². The number of primary amides is 1. The van der Waals surface area contributed by atoms with E-state index in [1.165, 1.54) is 0 Å². The summed E-state index contributed by atoms with van der Waals surface area (Å²) < 4.78 is 0. The number of hydrogen-bond acceptors (Lipinski definition) is 4. The highest BCUT2D eigenvalue weighted by molar-refractivity contribution is 5.94. The van der Waals surface area contributed by atoms with E-state index in [9.17, 15) is 14.4 Å². The normalized spacial score (nSPS) is 12.0. The number of carbonyl (C=O) groups is 3. The molecule has 0 fully saturated rings. The number of amides is 4. The van der Waals surface area contributed by atoms with Gasteiger partial charge in [0.05, 0.1) is 12.6 Å². The summed E-state index contributed by atoms with van der Waals surface area (Å²) in [6.45, 7) is 5.15. The van der Waals surface area contributed by atoms with E-state index in [1.54, 1.807) is 6.92 Å². The van der Waals surface area contributed by atoms with Crippen molar-refractivity contribution in [2.45, 2.75) is 32.9 Å². The van der Waals surface area contributed by atoms with E-state index < -0.39 is 18.0 Å². The van der Waals surface area contributed by atoms with E-state index in [-0.39, 0.29) is 18.5 Å². The molecule has 0 aromatic heterocycles. The highest BCUT2D eigenvalue weighted by atomic mass is 16.2. The molecule has 0 saturated heterocycles. The third-order valence-electron chi connectivity index (χ3n) is 1.66. The lowest BCUT2D eigenvalue weighted by Crippen LogP contribution is -2.48. The number of nitrogens with one attached hydrogen (secondary N) is 3. The van der Waals surface area contributed by atoms with Crippen LogP contribution in [-0.2, 0) is 9.59 Å². The molecule has 0 bridgehead atoms. The van der Waals surface area contributed by atoms with Crippen molar-refractivity contribution in [3.63, 3.8) is 0 Å². The van der Waals surface area contributed by atoms with Crippen LogP contribution in [0.2, 0.25) is 0 Å². The van der Waals surface area contributed by atoms with Gasteiger partial charge >= 0.3 is 6.03 Å². The van der Waals surface area contributed by atoms with Gasteiger partial charge in [-0.2, -0.15) is 0 Å². The molecule has 0 heterocycles. The summed E-state index contributed by atoms with van der Waals surface area (Å²) in [5, 5.41) is 7.23. The lowest BCUT2D eigenvalue weighted by molar-refractivity contribution is -0.123. The van der Waals surface area contributed by atoms with Crippen molar-refractivity contribution in [2.24, 2.45) is 5.73 Å². The minimum Gasteiger partial charge on any atom is -0.353 e. The molecule has 0 saturated carbocycles. The van der Waals surface area contributed by atoms with Crippen molar-refractivity contribution in [3.05, 3.63) is 0 Å². The number of hydrogen-bond donors (Lipinski definition) is 4. The Morgan fingerprint density at radius 1 is 1.19 bits per heavy atom. The Labute approximate surface area is 94.1 Å². The smallest absolute Gasteiger partial charge is 0.318 e. The number of rotatable bonds is 5. The topological polar surface area (TPSA) is 113 Å². The SMILES string of the molecule is CC(C)NC(=O)C(C)NCC(=O)NC(N)=O. The summed E-state index contributed by atoms with van der Waals surface area (Å²) >= 11 is 0. The third kappa shape index (κ3) is 6.77. The van der Waals surface area contributed by atoms with Crippen molar-refractivity contribution in [2.75, 3.05) is 6.54 Å². The van der Waals surface area contributed by atoms with Crippen LogP contribution in [0.1, 0.15) is 20.8 Å². The van der Waals surface area contributed by atoms with Crippen LogP contribution in [0.5, 0.6) is 0 Å². The Bertz CT molecular complexity index is 278. The first kappa shape index (κ1) is 14.4. The zero-order valence-electron chi connectivity index (χ0n) is 9.66. The lowest BCUT2D eigenvalue weighted by Gasteiger charge is -2.15. The van der Waals surface area contributed by atoms with Crippen LogP contribution in [0.3, 0.4) is 0 Å². The first-order valence-corrected chi connectivity index (χ1v) is 4.96. The molecule has 16 heavy (non-hydrogen) atoms. The van der Waals surface area contributed by atoms with Gasteiger partial charge in [0.2, 0.25) is 11.8 Å². The minimum absolute atomic E-state index is 0.0381. The highest BCUT2D eigenvalue weighted by Gasteiger charge is 2.14. The van der Waals surface area contributed by atoms with Crippen LogP contribution in [0.25, 0.3) is 0 Å². The molecule has 0 spiro atoms. The molecule has 1 unspecified atom stereocenters. The summed E-state index contributed by atoms with van der Waals surface area (Å²) in [7, 11) is 0. The fourth-order valence-electron chi connectivity index (χ4n) is 0.930. The molecule has 1 atom stereocenters. The Hall–Kier alpha value is -1.63. The van der Waals surface area contributed by atoms with Gasteiger partial charge in [-0.1, -0.05) is 0 Å². The number of imide groups is 1. The largest absolute Gasteiger partial charge is 0.353 e. The quantitative estimate of drug-likeness (QED) is 0.469. The molecule has 0 radical (unpaired) electrons. The predicted octanol–water partition coefficient (Wildman–Crippen LogP) is -1.32. The average Bonchev–Trinajstić information content (AvgIpc) is 2.11. The van der Waals surface area contributed by atoms with Gasteiger partial charge in [0, 0.05) is 6.04 Å². The van der Waals surface area contributed by atoms with Gasteiger partial charge in [0.1, 0.15) is 0 Å². The van der Waals surface area contributed by atoms with Crippen LogP contribution in [0.15, 0.2) is 0 Å². The Kier molecular flexibility index (Phi) is 6.09. The van der Waals surface area contributed by atoms with Gasteiger partial charge in [-0.3, -0.25) is 20.2 Å². The summed E-state index contributed by atoms with van der Waals surface area (Å²) in [5.41, 5.74) is 4.75. The van der Waals surface area contributed by atoms with Crippen molar-refractivity contribution in [3.8, 4) is 0 Å². The maximum atomic E-state index is 11.4. The van der Waals surface area contributed by atoms with Crippen molar-refractivity contribution < 1.29 is 14.4 Å². The molecule has 0 rings (SSSR count). The highest BCUT2D eigenvalue weighted by Crippen LogP contribution is 1.84. The van der Waals surface area contributed by atoms with E-state index in [2.05, 4.69) is 10.6 Å². The second kappa shape index (κ2) is 6.78. The van der Waals surface area contributed by atoms with Crippen molar-refractivity contribution in [1.82, 2.24) is 16.0 Å². The van der Waals surface area contributed by atoms with Crippen LogP contribution in [0.4, 0.5) is 4.79 Å². The number of urea groups is 1. The maximum absolute atomic E-state index is 11.4. The van der Waals surface area contributed by atoms with E-state index in [1.807, 2.05) is 19.2 Å². The van der Waals surface area contributed by atoms with Gasteiger partial charge in [-0.25, -0.2) is 4.79 Å². The standard InChI is InChI=1S/C9H18N4O3/c1-5(2)12-8(15)6(3)11-4-7(14)13-9(10)16/h5-6,11H,4H2,1-3H3,(H,12,15)(H3,10,13,14,16).